The first-order valence-electron chi connectivity index (χ1n) is 16.5. The van der Waals surface area contributed by atoms with E-state index in [1.54, 1.807) is 17.0 Å². The van der Waals surface area contributed by atoms with Crippen LogP contribution < -0.4 is 15.4 Å². The zero-order valence-corrected chi connectivity index (χ0v) is 29.0. The molecule has 0 aliphatic carbocycles. The molecule has 0 amide bonds. The summed E-state index contributed by atoms with van der Waals surface area (Å²) in [5.74, 6) is -5.17. The predicted molar refractivity (Wildman–Crippen MR) is 182 cm³/mol. The largest absolute Gasteiger partial charge is 0.492 e. The van der Waals surface area contributed by atoms with Crippen LogP contribution in [0.1, 0.15) is 43.5 Å². The Labute approximate surface area is 294 Å². The number of carbonyl (C=O) groups excluding carboxylic acids is 1. The van der Waals surface area contributed by atoms with Gasteiger partial charge in [0, 0.05) is 75.3 Å². The van der Waals surface area contributed by atoms with Crippen molar-refractivity contribution in [2.75, 3.05) is 45.9 Å². The standard InChI is InChI=1S/C34H42F3N5O3.C2H2O4/c1-22-14-24-15-23(25-18-40-41(4)20-25)7-8-27(24)33(42(22)21-34(2,3)37)32-28(35)16-26(17-29(32)36)44-12-10-38-9-5-6-30(43)31-19-39-11-13-45-31;3-1(4)2(5)6/h5-8,15-18,20,22,31,33,38-39H,9-14,19,21H2,1-4H3;(H,3,4)(H,5,6)/b6-5+;/t22-,31?,33+;/m1./s1. The molecule has 3 heterocycles. The molecule has 3 aromatic rings. The normalized spacial score (nSPS) is 19.2. The predicted octanol–water partition coefficient (Wildman–Crippen LogP) is 3.69. The topological polar surface area (TPSA) is 155 Å². The molecule has 1 fully saturated rings. The Hall–Kier alpha value is -4.57. The highest BCUT2D eigenvalue weighted by Crippen LogP contribution is 2.43. The van der Waals surface area contributed by atoms with E-state index >= 15 is 13.2 Å². The molecule has 1 aromatic heterocycles. The summed E-state index contributed by atoms with van der Waals surface area (Å²) in [4.78, 5) is 32.2. The summed E-state index contributed by atoms with van der Waals surface area (Å²) in [5.41, 5.74) is 1.92. The number of aryl methyl sites for hydroxylation is 1. The van der Waals surface area contributed by atoms with Crippen molar-refractivity contribution in [3.05, 3.63) is 83.2 Å². The van der Waals surface area contributed by atoms with Crippen LogP contribution in [-0.4, -0.2) is 106 Å². The summed E-state index contributed by atoms with van der Waals surface area (Å²) in [6.07, 6.45) is 7.05. The summed E-state index contributed by atoms with van der Waals surface area (Å²) in [6.45, 7) is 7.68. The van der Waals surface area contributed by atoms with Crippen molar-refractivity contribution in [1.29, 1.82) is 0 Å². The van der Waals surface area contributed by atoms with Crippen molar-refractivity contribution < 1.29 is 47.2 Å². The fourth-order valence-electron chi connectivity index (χ4n) is 6.03. The highest BCUT2D eigenvalue weighted by Gasteiger charge is 2.39. The number of ether oxygens (including phenoxy) is 2. The van der Waals surface area contributed by atoms with Gasteiger partial charge in [0.25, 0.3) is 0 Å². The van der Waals surface area contributed by atoms with Gasteiger partial charge in [-0.05, 0) is 50.0 Å². The molecule has 51 heavy (non-hydrogen) atoms. The maximum atomic E-state index is 15.9. The van der Waals surface area contributed by atoms with Gasteiger partial charge in [0.05, 0.1) is 18.8 Å². The van der Waals surface area contributed by atoms with Crippen LogP contribution >= 0.6 is 0 Å². The zero-order chi connectivity index (χ0) is 37.3. The number of nitrogens with zero attached hydrogens (tertiary/aromatic N) is 3. The molecule has 4 N–H and O–H groups in total. The van der Waals surface area contributed by atoms with Gasteiger partial charge in [-0.1, -0.05) is 24.3 Å². The van der Waals surface area contributed by atoms with Gasteiger partial charge in [0.15, 0.2) is 5.78 Å². The highest BCUT2D eigenvalue weighted by molar-refractivity contribution is 6.27. The molecule has 2 aliphatic heterocycles. The van der Waals surface area contributed by atoms with Crippen LogP contribution in [0.2, 0.25) is 0 Å². The van der Waals surface area contributed by atoms with Crippen LogP contribution in [0, 0.1) is 11.6 Å². The zero-order valence-electron chi connectivity index (χ0n) is 29.0. The molecule has 2 aliphatic rings. The number of fused-ring (bicyclic) bond motifs is 1. The number of aromatic nitrogens is 2. The van der Waals surface area contributed by atoms with Crippen molar-refractivity contribution in [2.24, 2.45) is 7.05 Å². The van der Waals surface area contributed by atoms with Crippen LogP contribution in [0.3, 0.4) is 0 Å². The maximum absolute atomic E-state index is 15.9. The number of hydrogen-bond donors (Lipinski definition) is 4. The lowest BCUT2D eigenvalue weighted by molar-refractivity contribution is -0.159. The molecular weight excluding hydrogens is 671 g/mol. The molecule has 276 valence electrons. The van der Waals surface area contributed by atoms with E-state index in [-0.39, 0.29) is 36.3 Å². The van der Waals surface area contributed by atoms with Crippen LogP contribution in [0.5, 0.6) is 5.75 Å². The Bertz CT molecular complexity index is 1680. The van der Waals surface area contributed by atoms with Crippen molar-refractivity contribution in [3.8, 4) is 16.9 Å². The van der Waals surface area contributed by atoms with Crippen LogP contribution in [-0.2, 0) is 32.6 Å². The minimum absolute atomic E-state index is 0.00996. The van der Waals surface area contributed by atoms with Crippen LogP contribution in [0.25, 0.3) is 11.1 Å². The Morgan fingerprint density at radius 1 is 1.14 bits per heavy atom. The molecule has 12 nitrogen and oxygen atoms in total. The highest BCUT2D eigenvalue weighted by atomic mass is 19.1. The molecule has 1 saturated heterocycles. The van der Waals surface area contributed by atoms with Gasteiger partial charge in [0.2, 0.25) is 0 Å². The fourth-order valence-corrected chi connectivity index (χ4v) is 6.03. The van der Waals surface area contributed by atoms with Gasteiger partial charge in [-0.15, -0.1) is 0 Å². The van der Waals surface area contributed by atoms with E-state index in [0.717, 1.165) is 28.8 Å². The molecule has 0 bridgehead atoms. The Balaban J connectivity index is 0.000000894. The second kappa shape index (κ2) is 17.6. The fraction of sp³-hybridized carbons (Fsp3) is 0.444. The number of morpholine rings is 1. The van der Waals surface area contributed by atoms with E-state index in [9.17, 15) is 4.79 Å². The van der Waals surface area contributed by atoms with Gasteiger partial charge < -0.3 is 30.3 Å². The van der Waals surface area contributed by atoms with Crippen molar-refractivity contribution >= 4 is 17.7 Å². The number of hydrogen-bond acceptors (Lipinski definition) is 9. The second-order valence-corrected chi connectivity index (χ2v) is 13.0. The van der Waals surface area contributed by atoms with Crippen molar-refractivity contribution in [2.45, 2.75) is 51.0 Å². The number of carboxylic acid groups (broad SMARTS) is 2. The number of nitrogens with one attached hydrogen (secondary N) is 2. The maximum Gasteiger partial charge on any atom is 0.414 e. The molecule has 0 saturated carbocycles. The van der Waals surface area contributed by atoms with Crippen molar-refractivity contribution in [3.63, 3.8) is 0 Å². The Morgan fingerprint density at radius 3 is 2.43 bits per heavy atom. The summed E-state index contributed by atoms with van der Waals surface area (Å²) in [5, 5.41) is 25.3. The minimum Gasteiger partial charge on any atom is -0.492 e. The number of aliphatic carboxylic acids is 2. The number of ketones is 1. The minimum atomic E-state index is -1.82. The van der Waals surface area contributed by atoms with E-state index < -0.39 is 41.4 Å². The number of carbonyl (C=O) groups is 3. The van der Waals surface area contributed by atoms with Gasteiger partial charge in [-0.25, -0.2) is 22.8 Å². The smallest absolute Gasteiger partial charge is 0.414 e. The van der Waals surface area contributed by atoms with E-state index in [0.29, 0.717) is 32.7 Å². The molecule has 0 radical (unpaired) electrons. The Kier molecular flexibility index (Phi) is 13.5. The van der Waals surface area contributed by atoms with Crippen molar-refractivity contribution in [1.82, 2.24) is 25.3 Å². The third-order valence-electron chi connectivity index (χ3n) is 8.29. The summed E-state index contributed by atoms with van der Waals surface area (Å²) >= 11 is 0. The number of carboxylic acids is 2. The van der Waals surface area contributed by atoms with Crippen LogP contribution in [0.15, 0.2) is 54.9 Å². The van der Waals surface area contributed by atoms with E-state index in [1.165, 1.54) is 32.1 Å². The molecule has 1 unspecified atom stereocenters. The first-order valence-corrected chi connectivity index (χ1v) is 16.5. The SMILES string of the molecule is C[C@@H]1Cc2cc(-c3cnn(C)c3)ccc2[C@@H](c2c(F)cc(OCCNC/C=C/C(=O)C3CNCCO3)cc2F)N1CC(C)(C)F.O=C(O)C(=O)O. The molecular formula is C36H44F3N5O7. The first kappa shape index (κ1) is 39.2. The summed E-state index contributed by atoms with van der Waals surface area (Å²) < 4.78 is 59.6. The van der Waals surface area contributed by atoms with E-state index in [1.807, 2.05) is 43.3 Å². The lowest BCUT2D eigenvalue weighted by atomic mass is 9.82. The second-order valence-electron chi connectivity index (χ2n) is 13.0. The number of alkyl halides is 1. The molecule has 2 aromatic carbocycles. The number of halogens is 3. The first-order chi connectivity index (χ1) is 24.1. The monoisotopic (exact) mass is 715 g/mol. The third kappa shape index (κ3) is 11.0. The van der Waals surface area contributed by atoms with Crippen LogP contribution in [0.4, 0.5) is 13.2 Å². The number of benzene rings is 2. The molecule has 15 heteroatoms. The van der Waals surface area contributed by atoms with Gasteiger partial charge in [-0.2, -0.15) is 5.10 Å². The molecule has 3 atom stereocenters. The number of rotatable bonds is 12. The lowest BCUT2D eigenvalue weighted by Gasteiger charge is -2.44. The third-order valence-corrected chi connectivity index (χ3v) is 8.29. The van der Waals surface area contributed by atoms with E-state index in [2.05, 4.69) is 15.7 Å². The van der Waals surface area contributed by atoms with E-state index in [4.69, 9.17) is 29.3 Å². The summed E-state index contributed by atoms with van der Waals surface area (Å²) in [7, 11) is 1.85. The van der Waals surface area contributed by atoms with Gasteiger partial charge in [0.1, 0.15) is 35.8 Å². The lowest BCUT2D eigenvalue weighted by Crippen LogP contribution is -2.48. The Morgan fingerprint density at radius 2 is 1.84 bits per heavy atom. The average molecular weight is 716 g/mol. The quantitative estimate of drug-likeness (QED) is 0.123. The average Bonchev–Trinajstić information content (AvgIpc) is 3.51. The molecule has 5 rings (SSSR count). The van der Waals surface area contributed by atoms with Gasteiger partial charge in [-0.3, -0.25) is 14.4 Å². The molecule has 0 spiro atoms. The van der Waals surface area contributed by atoms with Gasteiger partial charge >= 0.3 is 11.9 Å². The summed E-state index contributed by atoms with van der Waals surface area (Å²) in [6, 6.07) is 7.25.